The molecule has 1 aliphatic carbocycles. The van der Waals surface area contributed by atoms with E-state index in [2.05, 4.69) is 31.1 Å². The van der Waals surface area contributed by atoms with Crippen molar-refractivity contribution in [2.24, 2.45) is 5.73 Å². The first-order valence-electron chi connectivity index (χ1n) is 5.92. The van der Waals surface area contributed by atoms with Gasteiger partial charge in [-0.3, -0.25) is 4.98 Å². The summed E-state index contributed by atoms with van der Waals surface area (Å²) in [4.78, 5) is 8.62. The van der Waals surface area contributed by atoms with Crippen LogP contribution in [0.4, 0.5) is 0 Å². The molecule has 6 heteroatoms. The van der Waals surface area contributed by atoms with Gasteiger partial charge in [-0.2, -0.15) is 4.98 Å². The Kier molecular flexibility index (Phi) is 2.91. The number of pyridine rings is 1. The molecule has 0 spiro atoms. The van der Waals surface area contributed by atoms with Gasteiger partial charge in [0.2, 0.25) is 11.7 Å². The van der Waals surface area contributed by atoms with Crippen LogP contribution in [0, 0.1) is 0 Å². The van der Waals surface area contributed by atoms with Crippen LogP contribution in [-0.4, -0.2) is 15.1 Å². The van der Waals surface area contributed by atoms with Gasteiger partial charge in [-0.25, -0.2) is 0 Å². The van der Waals surface area contributed by atoms with E-state index in [1.54, 1.807) is 6.20 Å². The molecule has 0 aromatic carbocycles. The highest BCUT2D eigenvalue weighted by molar-refractivity contribution is 9.10. The van der Waals surface area contributed by atoms with E-state index in [4.69, 9.17) is 10.3 Å². The van der Waals surface area contributed by atoms with Crippen molar-refractivity contribution >= 4 is 15.9 Å². The molecule has 3 rings (SSSR count). The first kappa shape index (κ1) is 11.8. The molecule has 2 aromatic rings. The topological polar surface area (TPSA) is 77.8 Å². The lowest BCUT2D eigenvalue weighted by Crippen LogP contribution is -2.33. The molecule has 2 N–H and O–H groups in total. The average Bonchev–Trinajstić information content (AvgIpc) is 2.99. The average molecular weight is 309 g/mol. The zero-order valence-corrected chi connectivity index (χ0v) is 11.4. The summed E-state index contributed by atoms with van der Waals surface area (Å²) in [6.45, 7) is 0. The standard InChI is InChI=1S/C12H13BrN4O/c13-8-3-4-9(15-7-8)10-16-11(18-17-10)12(14)5-1-2-6-12/h3-4,7H,1-2,5-6,14H2. The van der Waals surface area contributed by atoms with Crippen molar-refractivity contribution in [2.45, 2.75) is 31.2 Å². The molecule has 2 aromatic heterocycles. The summed E-state index contributed by atoms with van der Waals surface area (Å²) in [5, 5.41) is 3.96. The highest BCUT2D eigenvalue weighted by Gasteiger charge is 2.36. The van der Waals surface area contributed by atoms with Crippen molar-refractivity contribution in [3.63, 3.8) is 0 Å². The molecule has 94 valence electrons. The number of aromatic nitrogens is 3. The molecule has 0 aliphatic heterocycles. The summed E-state index contributed by atoms with van der Waals surface area (Å²) in [7, 11) is 0. The normalized spacial score (nSPS) is 18.1. The monoisotopic (exact) mass is 308 g/mol. The summed E-state index contributed by atoms with van der Waals surface area (Å²) >= 11 is 3.34. The van der Waals surface area contributed by atoms with Gasteiger partial charge in [0.05, 0.1) is 5.54 Å². The summed E-state index contributed by atoms with van der Waals surface area (Å²) in [6, 6.07) is 3.74. The van der Waals surface area contributed by atoms with Crippen LogP contribution in [0.25, 0.3) is 11.5 Å². The minimum Gasteiger partial charge on any atom is -0.337 e. The number of rotatable bonds is 2. The Morgan fingerprint density at radius 1 is 1.28 bits per heavy atom. The van der Waals surface area contributed by atoms with Gasteiger partial charge in [-0.05, 0) is 40.9 Å². The van der Waals surface area contributed by atoms with Gasteiger partial charge in [0.1, 0.15) is 5.69 Å². The van der Waals surface area contributed by atoms with Gasteiger partial charge in [0.25, 0.3) is 0 Å². The maximum absolute atomic E-state index is 6.27. The molecular weight excluding hydrogens is 296 g/mol. The second kappa shape index (κ2) is 4.44. The third-order valence-corrected chi connectivity index (χ3v) is 3.77. The van der Waals surface area contributed by atoms with Crippen LogP contribution < -0.4 is 5.73 Å². The predicted molar refractivity (Wildman–Crippen MR) is 69.6 cm³/mol. The lowest BCUT2D eigenvalue weighted by molar-refractivity contribution is 0.285. The third-order valence-electron chi connectivity index (χ3n) is 3.30. The Morgan fingerprint density at radius 2 is 2.06 bits per heavy atom. The number of hydrogen-bond acceptors (Lipinski definition) is 5. The van der Waals surface area contributed by atoms with Crippen molar-refractivity contribution in [1.82, 2.24) is 15.1 Å². The Bertz CT molecular complexity index is 545. The van der Waals surface area contributed by atoms with E-state index >= 15 is 0 Å². The molecule has 2 heterocycles. The molecule has 1 aliphatic rings. The first-order chi connectivity index (χ1) is 8.67. The molecule has 0 amide bonds. The minimum atomic E-state index is -0.444. The zero-order chi connectivity index (χ0) is 12.6. The van der Waals surface area contributed by atoms with Crippen molar-refractivity contribution in [3.8, 4) is 11.5 Å². The smallest absolute Gasteiger partial charge is 0.247 e. The van der Waals surface area contributed by atoms with E-state index in [0.717, 1.165) is 30.2 Å². The van der Waals surface area contributed by atoms with Gasteiger partial charge >= 0.3 is 0 Å². The number of nitrogens with two attached hydrogens (primary N) is 1. The molecule has 0 saturated heterocycles. The van der Waals surface area contributed by atoms with Crippen LogP contribution >= 0.6 is 15.9 Å². The van der Waals surface area contributed by atoms with Crippen LogP contribution in [0.5, 0.6) is 0 Å². The fraction of sp³-hybridized carbons (Fsp3) is 0.417. The maximum atomic E-state index is 6.27. The quantitative estimate of drug-likeness (QED) is 0.922. The minimum absolute atomic E-state index is 0.444. The van der Waals surface area contributed by atoms with E-state index in [-0.39, 0.29) is 0 Å². The molecule has 0 unspecified atom stereocenters. The Morgan fingerprint density at radius 3 is 2.72 bits per heavy atom. The second-order valence-electron chi connectivity index (χ2n) is 4.65. The largest absolute Gasteiger partial charge is 0.337 e. The molecule has 18 heavy (non-hydrogen) atoms. The van der Waals surface area contributed by atoms with Crippen LogP contribution in [0.15, 0.2) is 27.3 Å². The fourth-order valence-corrected chi connectivity index (χ4v) is 2.49. The molecule has 0 bridgehead atoms. The second-order valence-corrected chi connectivity index (χ2v) is 5.56. The molecule has 0 radical (unpaired) electrons. The van der Waals surface area contributed by atoms with E-state index in [9.17, 15) is 0 Å². The van der Waals surface area contributed by atoms with Gasteiger partial charge in [-0.15, -0.1) is 0 Å². The number of halogens is 1. The molecule has 1 fully saturated rings. The summed E-state index contributed by atoms with van der Waals surface area (Å²) in [5.41, 5.74) is 6.52. The fourth-order valence-electron chi connectivity index (χ4n) is 2.26. The maximum Gasteiger partial charge on any atom is 0.247 e. The van der Waals surface area contributed by atoms with E-state index in [0.29, 0.717) is 17.4 Å². The van der Waals surface area contributed by atoms with Crippen LogP contribution in [0.2, 0.25) is 0 Å². The molecular formula is C12H13BrN4O. The molecule has 1 saturated carbocycles. The van der Waals surface area contributed by atoms with E-state index in [1.807, 2.05) is 12.1 Å². The van der Waals surface area contributed by atoms with E-state index < -0.39 is 5.54 Å². The van der Waals surface area contributed by atoms with Crippen LogP contribution in [0.3, 0.4) is 0 Å². The van der Waals surface area contributed by atoms with Crippen molar-refractivity contribution in [3.05, 3.63) is 28.7 Å². The summed E-state index contributed by atoms with van der Waals surface area (Å²) in [6.07, 6.45) is 5.75. The van der Waals surface area contributed by atoms with Crippen molar-refractivity contribution in [1.29, 1.82) is 0 Å². The van der Waals surface area contributed by atoms with Crippen LogP contribution in [-0.2, 0) is 5.54 Å². The highest BCUT2D eigenvalue weighted by atomic mass is 79.9. The Hall–Kier alpha value is -1.27. The first-order valence-corrected chi connectivity index (χ1v) is 6.72. The lowest BCUT2D eigenvalue weighted by atomic mass is 9.99. The summed E-state index contributed by atoms with van der Waals surface area (Å²) < 4.78 is 6.22. The number of nitrogens with zero attached hydrogens (tertiary/aromatic N) is 3. The molecule has 5 nitrogen and oxygen atoms in total. The number of hydrogen-bond donors (Lipinski definition) is 1. The lowest BCUT2D eigenvalue weighted by Gasteiger charge is -2.17. The molecule has 0 atom stereocenters. The Labute approximate surface area is 113 Å². The van der Waals surface area contributed by atoms with Crippen LogP contribution in [0.1, 0.15) is 31.6 Å². The van der Waals surface area contributed by atoms with Crippen molar-refractivity contribution in [2.75, 3.05) is 0 Å². The third kappa shape index (κ3) is 2.06. The Balaban J connectivity index is 1.91. The SMILES string of the molecule is NC1(c2nc(-c3ccc(Br)cn3)no2)CCCC1. The van der Waals surface area contributed by atoms with E-state index in [1.165, 1.54) is 0 Å². The van der Waals surface area contributed by atoms with Gasteiger partial charge < -0.3 is 10.3 Å². The van der Waals surface area contributed by atoms with Crippen molar-refractivity contribution < 1.29 is 4.52 Å². The summed E-state index contributed by atoms with van der Waals surface area (Å²) in [5.74, 6) is 1.02. The van der Waals surface area contributed by atoms with Gasteiger partial charge in [0, 0.05) is 10.7 Å². The van der Waals surface area contributed by atoms with Gasteiger partial charge in [-0.1, -0.05) is 18.0 Å². The van der Waals surface area contributed by atoms with Gasteiger partial charge in [0.15, 0.2) is 0 Å². The highest BCUT2D eigenvalue weighted by Crippen LogP contribution is 2.35. The predicted octanol–water partition coefficient (Wildman–Crippen LogP) is 2.62. The zero-order valence-electron chi connectivity index (χ0n) is 9.77.